The minimum absolute atomic E-state index is 0.0461. The molecule has 192 valence electrons. The van der Waals surface area contributed by atoms with Crippen molar-refractivity contribution in [3.8, 4) is 0 Å². The van der Waals surface area contributed by atoms with Crippen LogP contribution in [0.1, 0.15) is 53.7 Å². The van der Waals surface area contributed by atoms with Crippen LogP contribution in [-0.2, 0) is 6.54 Å². The molecular formula is C31H36N4O2. The van der Waals surface area contributed by atoms with Crippen LogP contribution in [0.3, 0.4) is 0 Å². The van der Waals surface area contributed by atoms with Crippen molar-refractivity contribution >= 4 is 23.2 Å². The lowest BCUT2D eigenvalue weighted by Crippen LogP contribution is -2.30. The van der Waals surface area contributed by atoms with Crippen molar-refractivity contribution in [1.82, 2.24) is 15.5 Å². The van der Waals surface area contributed by atoms with Gasteiger partial charge in [-0.1, -0.05) is 66.2 Å². The number of benzene rings is 3. The molecule has 3 aromatic carbocycles. The quantitative estimate of drug-likeness (QED) is 0.376. The van der Waals surface area contributed by atoms with E-state index in [2.05, 4.69) is 22.0 Å². The fourth-order valence-electron chi connectivity index (χ4n) is 4.76. The highest BCUT2D eigenvalue weighted by Crippen LogP contribution is 2.35. The lowest BCUT2D eigenvalue weighted by Gasteiger charge is -2.23. The summed E-state index contributed by atoms with van der Waals surface area (Å²) in [6.45, 7) is 7.66. The van der Waals surface area contributed by atoms with Gasteiger partial charge in [-0.05, 0) is 74.7 Å². The molecule has 0 atom stereocenters. The molecule has 1 saturated heterocycles. The average molecular weight is 497 g/mol. The fourth-order valence-corrected chi connectivity index (χ4v) is 4.76. The maximum atomic E-state index is 12.9. The summed E-state index contributed by atoms with van der Waals surface area (Å²) < 4.78 is 0. The molecule has 0 unspecified atom stereocenters. The van der Waals surface area contributed by atoms with Gasteiger partial charge in [0.1, 0.15) is 0 Å². The minimum atomic E-state index is -0.244. The predicted octanol–water partition coefficient (Wildman–Crippen LogP) is 5.68. The molecule has 3 N–H and O–H groups in total. The van der Waals surface area contributed by atoms with Crippen LogP contribution in [0, 0.1) is 0 Å². The molecule has 0 bridgehead atoms. The number of para-hydroxylation sites is 1. The summed E-state index contributed by atoms with van der Waals surface area (Å²) in [4.78, 5) is 27.5. The molecule has 1 aliphatic heterocycles. The number of carbonyl (C=O) groups excluding carboxylic acids is 2. The highest BCUT2D eigenvalue weighted by molar-refractivity contribution is 5.97. The molecule has 0 aliphatic carbocycles. The van der Waals surface area contributed by atoms with E-state index < -0.39 is 0 Å². The van der Waals surface area contributed by atoms with E-state index in [0.29, 0.717) is 25.2 Å². The first-order valence-electron chi connectivity index (χ1n) is 13.1. The molecule has 3 aromatic rings. The van der Waals surface area contributed by atoms with Crippen molar-refractivity contribution in [2.24, 2.45) is 0 Å². The SMILES string of the molecule is CCN(CC)C(=O)c1ccc(C(=C2CCNCC2)c2ccccc2NC(=O)NCc2ccccc2)cc1. The summed E-state index contributed by atoms with van der Waals surface area (Å²) in [5, 5.41) is 9.46. The van der Waals surface area contributed by atoms with Gasteiger partial charge in [0.05, 0.1) is 5.69 Å². The van der Waals surface area contributed by atoms with Crippen LogP contribution >= 0.6 is 0 Å². The van der Waals surface area contributed by atoms with Gasteiger partial charge in [-0.15, -0.1) is 0 Å². The second kappa shape index (κ2) is 12.9. The zero-order valence-electron chi connectivity index (χ0n) is 21.7. The Labute approximate surface area is 219 Å². The van der Waals surface area contributed by atoms with E-state index in [1.165, 1.54) is 5.57 Å². The van der Waals surface area contributed by atoms with Gasteiger partial charge in [-0.25, -0.2) is 4.79 Å². The van der Waals surface area contributed by atoms with Gasteiger partial charge in [-0.2, -0.15) is 0 Å². The molecule has 1 heterocycles. The maximum absolute atomic E-state index is 12.9. The third-order valence-corrected chi connectivity index (χ3v) is 6.77. The van der Waals surface area contributed by atoms with Crippen molar-refractivity contribution in [2.75, 3.05) is 31.5 Å². The zero-order chi connectivity index (χ0) is 26.0. The number of hydrogen-bond donors (Lipinski definition) is 3. The Morgan fingerprint density at radius 2 is 1.43 bits per heavy atom. The number of nitrogens with one attached hydrogen (secondary N) is 3. The standard InChI is InChI=1S/C31H36N4O2/c1-3-35(4-2)30(36)26-16-14-24(15-17-26)29(25-18-20-32-21-19-25)27-12-8-9-13-28(27)34-31(37)33-22-23-10-6-5-7-11-23/h5-17,32H,3-4,18-22H2,1-2H3,(H2,33,34,37). The highest BCUT2D eigenvalue weighted by Gasteiger charge is 2.19. The van der Waals surface area contributed by atoms with Crippen LogP contribution in [0.2, 0.25) is 0 Å². The molecule has 0 aromatic heterocycles. The summed E-state index contributed by atoms with van der Waals surface area (Å²) in [7, 11) is 0. The molecule has 1 fully saturated rings. The summed E-state index contributed by atoms with van der Waals surface area (Å²) in [6.07, 6.45) is 1.87. The van der Waals surface area contributed by atoms with Crippen molar-refractivity contribution in [1.29, 1.82) is 0 Å². The van der Waals surface area contributed by atoms with E-state index in [1.807, 2.05) is 91.5 Å². The Morgan fingerprint density at radius 3 is 2.11 bits per heavy atom. The number of nitrogens with zero attached hydrogens (tertiary/aromatic N) is 1. The van der Waals surface area contributed by atoms with Crippen LogP contribution in [0.5, 0.6) is 0 Å². The monoisotopic (exact) mass is 496 g/mol. The van der Waals surface area contributed by atoms with Gasteiger partial charge in [0.2, 0.25) is 0 Å². The van der Waals surface area contributed by atoms with Gasteiger partial charge in [-0.3, -0.25) is 4.79 Å². The smallest absolute Gasteiger partial charge is 0.319 e. The summed E-state index contributed by atoms with van der Waals surface area (Å²) in [5.74, 6) is 0.0461. The summed E-state index contributed by atoms with van der Waals surface area (Å²) in [6, 6.07) is 25.5. The number of urea groups is 1. The van der Waals surface area contributed by atoms with Crippen LogP contribution in [0.15, 0.2) is 84.4 Å². The second-order valence-corrected chi connectivity index (χ2v) is 9.12. The van der Waals surface area contributed by atoms with Crippen molar-refractivity contribution < 1.29 is 9.59 Å². The van der Waals surface area contributed by atoms with Crippen molar-refractivity contribution in [3.63, 3.8) is 0 Å². The third-order valence-electron chi connectivity index (χ3n) is 6.77. The van der Waals surface area contributed by atoms with Gasteiger partial charge < -0.3 is 20.9 Å². The lowest BCUT2D eigenvalue weighted by atomic mass is 9.87. The fraction of sp³-hybridized carbons (Fsp3) is 0.290. The summed E-state index contributed by atoms with van der Waals surface area (Å²) >= 11 is 0. The summed E-state index contributed by atoms with van der Waals surface area (Å²) in [5.41, 5.74) is 7.00. The number of carbonyl (C=O) groups is 2. The zero-order valence-corrected chi connectivity index (χ0v) is 21.7. The average Bonchev–Trinajstić information content (AvgIpc) is 2.95. The first kappa shape index (κ1) is 26.2. The van der Waals surface area contributed by atoms with Crippen molar-refractivity contribution in [3.05, 3.63) is 107 Å². The molecule has 0 radical (unpaired) electrons. The Kier molecular flexibility index (Phi) is 9.11. The maximum Gasteiger partial charge on any atom is 0.319 e. The Hall–Kier alpha value is -3.90. The van der Waals surface area contributed by atoms with Gasteiger partial charge in [0.15, 0.2) is 0 Å². The topological polar surface area (TPSA) is 73.5 Å². The highest BCUT2D eigenvalue weighted by atomic mass is 16.2. The second-order valence-electron chi connectivity index (χ2n) is 9.12. The van der Waals surface area contributed by atoms with Crippen molar-refractivity contribution in [2.45, 2.75) is 33.2 Å². The predicted molar refractivity (Wildman–Crippen MR) is 151 cm³/mol. The number of amides is 3. The van der Waals surface area contributed by atoms with Crippen LogP contribution in [0.4, 0.5) is 10.5 Å². The Balaban J connectivity index is 1.63. The Bertz CT molecular complexity index is 1220. The third kappa shape index (κ3) is 6.66. The molecule has 6 heteroatoms. The molecule has 1 aliphatic rings. The van der Waals surface area contributed by atoms with E-state index in [-0.39, 0.29) is 11.9 Å². The minimum Gasteiger partial charge on any atom is -0.339 e. The number of rotatable bonds is 8. The van der Waals surface area contributed by atoms with Gasteiger partial charge >= 0.3 is 6.03 Å². The number of hydrogen-bond acceptors (Lipinski definition) is 3. The Morgan fingerprint density at radius 1 is 0.811 bits per heavy atom. The number of anilines is 1. The van der Waals surface area contributed by atoms with Crippen LogP contribution < -0.4 is 16.0 Å². The van der Waals surface area contributed by atoms with Gasteiger partial charge in [0.25, 0.3) is 5.91 Å². The molecule has 4 rings (SSSR count). The van der Waals surface area contributed by atoms with Gasteiger partial charge in [0, 0.05) is 30.8 Å². The largest absolute Gasteiger partial charge is 0.339 e. The van der Waals surface area contributed by atoms with E-state index in [0.717, 1.165) is 53.9 Å². The first-order chi connectivity index (χ1) is 18.1. The number of piperidine rings is 1. The van der Waals surface area contributed by atoms with Crippen LogP contribution in [0.25, 0.3) is 5.57 Å². The first-order valence-corrected chi connectivity index (χ1v) is 13.1. The van der Waals surface area contributed by atoms with E-state index in [9.17, 15) is 9.59 Å². The molecule has 3 amide bonds. The van der Waals surface area contributed by atoms with E-state index in [1.54, 1.807) is 0 Å². The normalized spacial score (nSPS) is 13.1. The molecule has 6 nitrogen and oxygen atoms in total. The van der Waals surface area contributed by atoms with E-state index >= 15 is 0 Å². The molecule has 0 spiro atoms. The molecule has 0 saturated carbocycles. The lowest BCUT2D eigenvalue weighted by molar-refractivity contribution is 0.0773. The molecular weight excluding hydrogens is 460 g/mol. The molecule has 37 heavy (non-hydrogen) atoms. The van der Waals surface area contributed by atoms with Crippen LogP contribution in [-0.4, -0.2) is 43.0 Å². The van der Waals surface area contributed by atoms with E-state index in [4.69, 9.17) is 0 Å².